The Labute approximate surface area is 109 Å². The molecular weight excluding hydrogens is 250 g/mol. The normalized spacial score (nSPS) is 12.4. The van der Waals surface area contributed by atoms with Crippen LogP contribution >= 0.6 is 11.3 Å². The highest BCUT2D eigenvalue weighted by Gasteiger charge is 2.20. The van der Waals surface area contributed by atoms with Crippen LogP contribution in [0.4, 0.5) is 5.13 Å². The predicted octanol–water partition coefficient (Wildman–Crippen LogP) is 1.08. The van der Waals surface area contributed by atoms with E-state index in [1.54, 1.807) is 24.1 Å². The summed E-state index contributed by atoms with van der Waals surface area (Å²) in [5, 5.41) is 10.4. The van der Waals surface area contributed by atoms with Crippen molar-refractivity contribution in [1.29, 1.82) is 0 Å². The van der Waals surface area contributed by atoms with Crippen LogP contribution in [-0.4, -0.2) is 27.7 Å². The number of nitrogens with one attached hydrogen (secondary N) is 2. The Kier molecular flexibility index (Phi) is 3.73. The average molecular weight is 265 g/mol. The number of rotatable bonds is 4. The molecule has 2 aromatic heterocycles. The van der Waals surface area contributed by atoms with Crippen LogP contribution in [-0.2, 0) is 11.8 Å². The lowest BCUT2D eigenvalue weighted by Gasteiger charge is -2.12. The highest BCUT2D eigenvalue weighted by atomic mass is 32.1. The van der Waals surface area contributed by atoms with Crippen LogP contribution in [0.15, 0.2) is 18.6 Å². The number of anilines is 1. The first-order valence-electron chi connectivity index (χ1n) is 5.49. The predicted molar refractivity (Wildman–Crippen MR) is 70.5 cm³/mol. The van der Waals surface area contributed by atoms with Crippen molar-refractivity contribution < 1.29 is 4.79 Å². The average Bonchev–Trinajstić information content (AvgIpc) is 2.89. The van der Waals surface area contributed by atoms with Crippen LogP contribution in [0.1, 0.15) is 16.5 Å². The lowest BCUT2D eigenvalue weighted by atomic mass is 10.1. The van der Waals surface area contributed by atoms with E-state index in [-0.39, 0.29) is 5.91 Å². The Hall–Kier alpha value is -1.73. The monoisotopic (exact) mass is 265 g/mol. The fourth-order valence-electron chi connectivity index (χ4n) is 1.63. The molecule has 2 N–H and O–H groups in total. The van der Waals surface area contributed by atoms with E-state index in [0.717, 1.165) is 10.4 Å². The largest absolute Gasteiger partial charge is 0.305 e. The van der Waals surface area contributed by atoms with Crippen LogP contribution in [0, 0.1) is 6.92 Å². The third kappa shape index (κ3) is 2.74. The maximum absolute atomic E-state index is 12.1. The number of aromatic nitrogens is 3. The Morgan fingerprint density at radius 1 is 1.50 bits per heavy atom. The molecule has 2 rings (SSSR count). The summed E-state index contributed by atoms with van der Waals surface area (Å²) < 4.78 is 1.67. The number of nitrogens with zero attached hydrogens (tertiary/aromatic N) is 3. The van der Waals surface area contributed by atoms with E-state index >= 15 is 0 Å². The van der Waals surface area contributed by atoms with Crippen LogP contribution in [0.3, 0.4) is 0 Å². The van der Waals surface area contributed by atoms with Gasteiger partial charge in [-0.25, -0.2) is 4.98 Å². The lowest BCUT2D eigenvalue weighted by molar-refractivity contribution is -0.118. The molecule has 0 aliphatic rings. The second-order valence-electron chi connectivity index (χ2n) is 3.93. The van der Waals surface area contributed by atoms with Crippen molar-refractivity contribution in [1.82, 2.24) is 20.1 Å². The highest BCUT2D eigenvalue weighted by Crippen LogP contribution is 2.19. The van der Waals surface area contributed by atoms with Gasteiger partial charge in [0.25, 0.3) is 0 Å². The fourth-order valence-corrected chi connectivity index (χ4v) is 2.30. The molecule has 1 atom stereocenters. The minimum Gasteiger partial charge on any atom is -0.305 e. The zero-order valence-corrected chi connectivity index (χ0v) is 11.3. The number of aryl methyl sites for hydroxylation is 2. The lowest BCUT2D eigenvalue weighted by Crippen LogP contribution is -2.30. The quantitative estimate of drug-likeness (QED) is 0.868. The molecule has 0 aromatic carbocycles. The molecule has 18 heavy (non-hydrogen) atoms. The van der Waals surface area contributed by atoms with Crippen LogP contribution < -0.4 is 10.6 Å². The third-order valence-electron chi connectivity index (χ3n) is 2.46. The number of hydrogen-bond donors (Lipinski definition) is 2. The molecule has 0 saturated heterocycles. The fraction of sp³-hybridized carbons (Fsp3) is 0.364. The molecule has 1 amide bonds. The van der Waals surface area contributed by atoms with Gasteiger partial charge in [0.15, 0.2) is 5.13 Å². The summed E-state index contributed by atoms with van der Waals surface area (Å²) in [6.07, 6.45) is 5.22. The number of carbonyl (C=O) groups excluding carboxylic acids is 1. The number of hydrogen-bond acceptors (Lipinski definition) is 5. The van der Waals surface area contributed by atoms with Gasteiger partial charge in [-0.15, -0.1) is 11.3 Å². The van der Waals surface area contributed by atoms with E-state index in [1.807, 2.05) is 20.2 Å². The van der Waals surface area contributed by atoms with E-state index in [2.05, 4.69) is 20.7 Å². The Morgan fingerprint density at radius 2 is 2.28 bits per heavy atom. The van der Waals surface area contributed by atoms with Gasteiger partial charge in [0, 0.05) is 29.9 Å². The molecule has 0 spiro atoms. The summed E-state index contributed by atoms with van der Waals surface area (Å²) in [6, 6.07) is -0.428. The summed E-state index contributed by atoms with van der Waals surface area (Å²) in [5.74, 6) is -0.139. The third-order valence-corrected chi connectivity index (χ3v) is 3.29. The molecule has 2 aromatic rings. The van der Waals surface area contributed by atoms with Gasteiger partial charge in [-0.1, -0.05) is 0 Å². The van der Waals surface area contributed by atoms with Gasteiger partial charge < -0.3 is 10.6 Å². The molecule has 0 bridgehead atoms. The first-order chi connectivity index (χ1) is 8.60. The van der Waals surface area contributed by atoms with Gasteiger partial charge >= 0.3 is 0 Å². The summed E-state index contributed by atoms with van der Waals surface area (Å²) >= 11 is 1.45. The van der Waals surface area contributed by atoms with E-state index in [1.165, 1.54) is 11.3 Å². The first-order valence-corrected chi connectivity index (χ1v) is 6.31. The van der Waals surface area contributed by atoms with Gasteiger partial charge in [-0.05, 0) is 14.0 Å². The first kappa shape index (κ1) is 12.7. The Bertz CT molecular complexity index is 547. The molecule has 0 aliphatic carbocycles. The number of likely N-dealkylation sites (N-methyl/N-ethyl adjacent to an activating group) is 1. The number of thiazole rings is 1. The Balaban J connectivity index is 2.11. The topological polar surface area (TPSA) is 71.8 Å². The molecule has 0 aliphatic heterocycles. The van der Waals surface area contributed by atoms with E-state index < -0.39 is 6.04 Å². The second kappa shape index (κ2) is 5.28. The van der Waals surface area contributed by atoms with Crippen LogP contribution in [0.2, 0.25) is 0 Å². The van der Waals surface area contributed by atoms with Crippen molar-refractivity contribution >= 4 is 22.4 Å². The van der Waals surface area contributed by atoms with Crippen molar-refractivity contribution in [2.45, 2.75) is 13.0 Å². The van der Waals surface area contributed by atoms with Crippen molar-refractivity contribution in [2.75, 3.05) is 12.4 Å². The Morgan fingerprint density at radius 3 is 2.78 bits per heavy atom. The van der Waals surface area contributed by atoms with Crippen molar-refractivity contribution in [2.24, 2.45) is 7.05 Å². The summed E-state index contributed by atoms with van der Waals surface area (Å²) in [7, 11) is 3.56. The van der Waals surface area contributed by atoms with Gasteiger partial charge in [-0.3, -0.25) is 9.48 Å². The maximum Gasteiger partial charge on any atom is 0.247 e. The van der Waals surface area contributed by atoms with E-state index in [9.17, 15) is 4.79 Å². The smallest absolute Gasteiger partial charge is 0.247 e. The summed E-state index contributed by atoms with van der Waals surface area (Å²) in [5.41, 5.74) is 0.825. The van der Waals surface area contributed by atoms with Crippen molar-refractivity contribution in [3.63, 3.8) is 0 Å². The molecule has 0 fully saturated rings. The maximum atomic E-state index is 12.1. The zero-order chi connectivity index (χ0) is 13.1. The standard InChI is InChI=1S/C11H15N5OS/c1-7-4-13-11(18-7)15-10(17)9(12-2)8-5-14-16(3)6-8/h4-6,9,12H,1-3H3,(H,13,15,17). The van der Waals surface area contributed by atoms with E-state index in [0.29, 0.717) is 5.13 Å². The number of carbonyl (C=O) groups is 1. The van der Waals surface area contributed by atoms with Crippen LogP contribution in [0.25, 0.3) is 0 Å². The molecular formula is C11H15N5OS. The van der Waals surface area contributed by atoms with Crippen molar-refractivity contribution in [3.8, 4) is 0 Å². The van der Waals surface area contributed by atoms with E-state index in [4.69, 9.17) is 0 Å². The molecule has 1 unspecified atom stereocenters. The van der Waals surface area contributed by atoms with Crippen molar-refractivity contribution in [3.05, 3.63) is 29.0 Å². The molecule has 7 heteroatoms. The molecule has 0 radical (unpaired) electrons. The minimum atomic E-state index is -0.428. The molecule has 6 nitrogen and oxygen atoms in total. The molecule has 96 valence electrons. The zero-order valence-electron chi connectivity index (χ0n) is 10.5. The minimum absolute atomic E-state index is 0.139. The van der Waals surface area contributed by atoms with Gasteiger partial charge in [-0.2, -0.15) is 5.10 Å². The second-order valence-corrected chi connectivity index (χ2v) is 5.17. The summed E-state index contributed by atoms with van der Waals surface area (Å²) in [6.45, 7) is 1.95. The molecule has 0 saturated carbocycles. The number of amides is 1. The van der Waals surface area contributed by atoms with Gasteiger partial charge in [0.1, 0.15) is 6.04 Å². The molecule has 2 heterocycles. The highest BCUT2D eigenvalue weighted by molar-refractivity contribution is 7.15. The summed E-state index contributed by atoms with van der Waals surface area (Å²) in [4.78, 5) is 17.3. The van der Waals surface area contributed by atoms with Crippen LogP contribution in [0.5, 0.6) is 0 Å². The SMILES string of the molecule is CNC(C(=O)Nc1ncc(C)s1)c1cnn(C)c1. The van der Waals surface area contributed by atoms with Gasteiger partial charge in [0.05, 0.1) is 6.20 Å². The van der Waals surface area contributed by atoms with Gasteiger partial charge in [0.2, 0.25) is 5.91 Å².